The van der Waals surface area contributed by atoms with Crippen LogP contribution in [0.4, 0.5) is 5.69 Å². The molecule has 0 aliphatic carbocycles. The average Bonchev–Trinajstić information content (AvgIpc) is 2.88. The minimum atomic E-state index is -1.04. The summed E-state index contributed by atoms with van der Waals surface area (Å²) in [5.74, 6) is -0.576. The second kappa shape index (κ2) is 5.46. The number of nitro benzene ring substituents is 1. The highest BCUT2D eigenvalue weighted by molar-refractivity contribution is 5.79. The SMILES string of the molecule is COc1cc(CC2(C(=O)O)CCCN2)cc([N+](=O)[O-])c1. The smallest absolute Gasteiger partial charge is 0.324 e. The molecule has 20 heavy (non-hydrogen) atoms. The molecule has 1 saturated heterocycles. The van der Waals surface area contributed by atoms with Crippen LogP contribution in [0.2, 0.25) is 0 Å². The molecule has 1 fully saturated rings. The maximum absolute atomic E-state index is 11.5. The second-order valence-electron chi connectivity index (χ2n) is 4.89. The number of carboxylic acids is 1. The van der Waals surface area contributed by atoms with Gasteiger partial charge in [0.15, 0.2) is 0 Å². The first kappa shape index (κ1) is 14.3. The highest BCUT2D eigenvalue weighted by Gasteiger charge is 2.41. The van der Waals surface area contributed by atoms with E-state index in [0.717, 1.165) is 6.42 Å². The van der Waals surface area contributed by atoms with Crippen molar-refractivity contribution in [2.24, 2.45) is 0 Å². The van der Waals surface area contributed by atoms with Crippen molar-refractivity contribution in [1.29, 1.82) is 0 Å². The molecule has 1 aliphatic rings. The number of nitro groups is 1. The van der Waals surface area contributed by atoms with E-state index in [1.54, 1.807) is 6.07 Å². The minimum Gasteiger partial charge on any atom is -0.496 e. The van der Waals surface area contributed by atoms with Crippen molar-refractivity contribution in [1.82, 2.24) is 5.32 Å². The van der Waals surface area contributed by atoms with Crippen LogP contribution in [-0.4, -0.2) is 35.2 Å². The maximum Gasteiger partial charge on any atom is 0.324 e. The number of rotatable bonds is 5. The van der Waals surface area contributed by atoms with Gasteiger partial charge in [-0.3, -0.25) is 14.9 Å². The number of carboxylic acid groups (broad SMARTS) is 1. The topological polar surface area (TPSA) is 102 Å². The number of nitrogens with zero attached hydrogens (tertiary/aromatic N) is 1. The van der Waals surface area contributed by atoms with Crippen molar-refractivity contribution in [3.63, 3.8) is 0 Å². The van der Waals surface area contributed by atoms with Crippen LogP contribution < -0.4 is 10.1 Å². The van der Waals surface area contributed by atoms with E-state index in [4.69, 9.17) is 4.74 Å². The molecule has 2 N–H and O–H groups in total. The fraction of sp³-hybridized carbons (Fsp3) is 0.462. The van der Waals surface area contributed by atoms with Gasteiger partial charge in [0.05, 0.1) is 18.1 Å². The van der Waals surface area contributed by atoms with Crippen LogP contribution in [0, 0.1) is 10.1 Å². The zero-order chi connectivity index (χ0) is 14.8. The molecule has 0 radical (unpaired) electrons. The van der Waals surface area contributed by atoms with Crippen LogP contribution in [-0.2, 0) is 11.2 Å². The number of non-ortho nitro benzene ring substituents is 1. The summed E-state index contributed by atoms with van der Waals surface area (Å²) in [6, 6.07) is 4.35. The quantitative estimate of drug-likeness (QED) is 0.623. The molecule has 108 valence electrons. The molecular formula is C13H16N2O5. The van der Waals surface area contributed by atoms with Crippen molar-refractivity contribution >= 4 is 11.7 Å². The van der Waals surface area contributed by atoms with E-state index in [1.807, 2.05) is 0 Å². The molecule has 1 aromatic carbocycles. The van der Waals surface area contributed by atoms with Crippen molar-refractivity contribution in [2.75, 3.05) is 13.7 Å². The molecule has 7 heteroatoms. The minimum absolute atomic E-state index is 0.0992. The standard InChI is InChI=1S/C13H16N2O5/c1-20-11-6-9(5-10(7-11)15(18)19)8-13(12(16)17)3-2-4-14-13/h5-7,14H,2-4,8H2,1H3,(H,16,17). The van der Waals surface area contributed by atoms with Gasteiger partial charge >= 0.3 is 5.97 Å². The van der Waals surface area contributed by atoms with Crippen LogP contribution in [0.5, 0.6) is 5.75 Å². The van der Waals surface area contributed by atoms with Gasteiger partial charge in [0, 0.05) is 12.5 Å². The van der Waals surface area contributed by atoms with Gasteiger partial charge in [0.2, 0.25) is 0 Å². The summed E-state index contributed by atoms with van der Waals surface area (Å²) in [5.41, 5.74) is -0.564. The Morgan fingerprint density at radius 2 is 2.30 bits per heavy atom. The lowest BCUT2D eigenvalue weighted by atomic mass is 9.89. The highest BCUT2D eigenvalue weighted by Crippen LogP contribution is 2.29. The molecule has 1 aromatic rings. The highest BCUT2D eigenvalue weighted by atomic mass is 16.6. The van der Waals surface area contributed by atoms with E-state index in [2.05, 4.69) is 5.32 Å². The van der Waals surface area contributed by atoms with Gasteiger partial charge < -0.3 is 15.2 Å². The molecule has 0 spiro atoms. The number of methoxy groups -OCH3 is 1. The van der Waals surface area contributed by atoms with Crippen molar-refractivity contribution in [3.05, 3.63) is 33.9 Å². The lowest BCUT2D eigenvalue weighted by molar-refractivity contribution is -0.385. The van der Waals surface area contributed by atoms with Crippen LogP contribution in [0.15, 0.2) is 18.2 Å². The van der Waals surface area contributed by atoms with E-state index < -0.39 is 16.4 Å². The molecule has 0 bridgehead atoms. The van der Waals surface area contributed by atoms with Gasteiger partial charge in [-0.2, -0.15) is 0 Å². The Morgan fingerprint density at radius 3 is 2.80 bits per heavy atom. The summed E-state index contributed by atoms with van der Waals surface area (Å²) < 4.78 is 5.03. The van der Waals surface area contributed by atoms with Gasteiger partial charge in [-0.05, 0) is 31.0 Å². The Kier molecular flexibility index (Phi) is 3.89. The Bertz CT molecular complexity index is 538. The maximum atomic E-state index is 11.5. The second-order valence-corrected chi connectivity index (χ2v) is 4.89. The molecule has 0 saturated carbocycles. The Morgan fingerprint density at radius 1 is 1.55 bits per heavy atom. The van der Waals surface area contributed by atoms with Gasteiger partial charge in [0.1, 0.15) is 11.3 Å². The molecule has 1 aliphatic heterocycles. The lowest BCUT2D eigenvalue weighted by Crippen LogP contribution is -2.49. The molecule has 7 nitrogen and oxygen atoms in total. The van der Waals surface area contributed by atoms with Crippen LogP contribution in [0.3, 0.4) is 0 Å². The fourth-order valence-corrected chi connectivity index (χ4v) is 2.53. The van der Waals surface area contributed by atoms with Gasteiger partial charge in [-0.15, -0.1) is 0 Å². The number of ether oxygens (including phenoxy) is 1. The molecular weight excluding hydrogens is 264 g/mol. The monoisotopic (exact) mass is 280 g/mol. The Hall–Kier alpha value is -2.15. The normalized spacial score (nSPS) is 21.6. The number of carbonyl (C=O) groups is 1. The number of aliphatic carboxylic acids is 1. The molecule has 2 rings (SSSR count). The summed E-state index contributed by atoms with van der Waals surface area (Å²) in [6.07, 6.45) is 1.48. The fourth-order valence-electron chi connectivity index (χ4n) is 2.53. The predicted molar refractivity (Wildman–Crippen MR) is 71.0 cm³/mol. The van der Waals surface area contributed by atoms with Crippen LogP contribution in [0.25, 0.3) is 0 Å². The number of hydrogen-bond acceptors (Lipinski definition) is 5. The first-order valence-corrected chi connectivity index (χ1v) is 6.28. The van der Waals surface area contributed by atoms with Crippen molar-refractivity contribution < 1.29 is 19.6 Å². The number of hydrogen-bond donors (Lipinski definition) is 2. The predicted octanol–water partition coefficient (Wildman–Crippen LogP) is 1.35. The molecule has 0 aromatic heterocycles. The summed E-state index contributed by atoms with van der Waals surface area (Å²) in [4.78, 5) is 21.9. The number of benzene rings is 1. The van der Waals surface area contributed by atoms with E-state index in [-0.39, 0.29) is 12.1 Å². The van der Waals surface area contributed by atoms with Gasteiger partial charge in [-0.1, -0.05) is 0 Å². The number of nitrogens with one attached hydrogen (secondary N) is 1. The third kappa shape index (κ3) is 2.72. The van der Waals surface area contributed by atoms with E-state index in [9.17, 15) is 20.0 Å². The summed E-state index contributed by atoms with van der Waals surface area (Å²) in [5, 5.41) is 23.3. The first-order chi connectivity index (χ1) is 9.47. The Labute approximate surface area is 115 Å². The van der Waals surface area contributed by atoms with E-state index in [0.29, 0.717) is 24.3 Å². The Balaban J connectivity index is 2.34. The van der Waals surface area contributed by atoms with Crippen molar-refractivity contribution in [2.45, 2.75) is 24.8 Å². The summed E-state index contributed by atoms with van der Waals surface area (Å²) >= 11 is 0. The summed E-state index contributed by atoms with van der Waals surface area (Å²) in [6.45, 7) is 0.637. The largest absolute Gasteiger partial charge is 0.496 e. The van der Waals surface area contributed by atoms with E-state index >= 15 is 0 Å². The molecule has 0 amide bonds. The zero-order valence-corrected chi connectivity index (χ0v) is 11.1. The lowest BCUT2D eigenvalue weighted by Gasteiger charge is -2.24. The first-order valence-electron chi connectivity index (χ1n) is 6.28. The van der Waals surface area contributed by atoms with Crippen molar-refractivity contribution in [3.8, 4) is 5.75 Å². The van der Waals surface area contributed by atoms with Crippen LogP contribution >= 0.6 is 0 Å². The summed E-state index contributed by atoms with van der Waals surface area (Å²) in [7, 11) is 1.42. The van der Waals surface area contributed by atoms with Crippen LogP contribution in [0.1, 0.15) is 18.4 Å². The average molecular weight is 280 g/mol. The third-order valence-corrected chi connectivity index (χ3v) is 3.56. The zero-order valence-electron chi connectivity index (χ0n) is 11.1. The van der Waals surface area contributed by atoms with Gasteiger partial charge in [-0.25, -0.2) is 0 Å². The molecule has 1 atom stereocenters. The van der Waals surface area contributed by atoms with E-state index in [1.165, 1.54) is 19.2 Å². The third-order valence-electron chi connectivity index (χ3n) is 3.56. The molecule has 1 heterocycles. The molecule has 1 unspecified atom stereocenters. The van der Waals surface area contributed by atoms with Gasteiger partial charge in [0.25, 0.3) is 5.69 Å².